The second-order valence-corrected chi connectivity index (χ2v) is 8.64. The highest BCUT2D eigenvalue weighted by molar-refractivity contribution is 6.54. The Morgan fingerprint density at radius 2 is 2.03 bits per heavy atom. The zero-order valence-electron chi connectivity index (χ0n) is 18.7. The molecule has 5 unspecified atom stereocenters. The summed E-state index contributed by atoms with van der Waals surface area (Å²) >= 11 is 0. The average Bonchev–Trinajstić information content (AvgIpc) is 2.99. The molecule has 10 heteroatoms. The Labute approximate surface area is 186 Å². The van der Waals surface area contributed by atoms with Crippen LogP contribution in [-0.2, 0) is 19.2 Å². The van der Waals surface area contributed by atoms with Gasteiger partial charge in [0.1, 0.15) is 24.4 Å². The number of nitrogens with zero attached hydrogens (tertiary/aromatic N) is 2. The van der Waals surface area contributed by atoms with E-state index in [-0.39, 0.29) is 11.6 Å². The number of oxime groups is 1. The van der Waals surface area contributed by atoms with E-state index in [1.54, 1.807) is 4.90 Å². The normalized spacial score (nSPS) is 28.9. The van der Waals surface area contributed by atoms with Crippen LogP contribution >= 0.6 is 0 Å². The molecular formula is C22H31N3O7. The molecule has 32 heavy (non-hydrogen) atoms. The number of benzene rings is 1. The van der Waals surface area contributed by atoms with Crippen LogP contribution in [0.25, 0.3) is 0 Å². The van der Waals surface area contributed by atoms with E-state index in [1.807, 2.05) is 25.1 Å². The molecule has 0 bridgehead atoms. The summed E-state index contributed by atoms with van der Waals surface area (Å²) in [6.45, 7) is 7.25. The van der Waals surface area contributed by atoms with E-state index in [0.717, 1.165) is 17.7 Å². The lowest BCUT2D eigenvalue weighted by Crippen LogP contribution is -2.64. The molecule has 1 aromatic carbocycles. The third-order valence-electron chi connectivity index (χ3n) is 5.57. The van der Waals surface area contributed by atoms with Crippen LogP contribution in [0, 0.1) is 12.8 Å². The Morgan fingerprint density at radius 3 is 2.66 bits per heavy atom. The summed E-state index contributed by atoms with van der Waals surface area (Å²) in [7, 11) is 0. The Hall–Kier alpha value is -2.53. The summed E-state index contributed by atoms with van der Waals surface area (Å²) in [4.78, 5) is 31.9. The van der Waals surface area contributed by atoms with Gasteiger partial charge in [0.05, 0.1) is 12.3 Å². The van der Waals surface area contributed by atoms with Gasteiger partial charge in [-0.15, -0.1) is 0 Å². The number of amides is 2. The van der Waals surface area contributed by atoms with Crippen LogP contribution in [0.3, 0.4) is 0 Å². The van der Waals surface area contributed by atoms with Crippen molar-refractivity contribution in [1.29, 1.82) is 0 Å². The monoisotopic (exact) mass is 449 g/mol. The topological polar surface area (TPSA) is 141 Å². The van der Waals surface area contributed by atoms with Crippen molar-refractivity contribution in [3.63, 3.8) is 0 Å². The van der Waals surface area contributed by atoms with Crippen molar-refractivity contribution in [1.82, 2.24) is 5.32 Å². The van der Waals surface area contributed by atoms with Crippen molar-refractivity contribution in [2.75, 3.05) is 18.1 Å². The van der Waals surface area contributed by atoms with Gasteiger partial charge in [-0.1, -0.05) is 30.6 Å². The van der Waals surface area contributed by atoms with E-state index in [4.69, 9.17) is 9.57 Å². The molecule has 0 aliphatic carbocycles. The van der Waals surface area contributed by atoms with E-state index in [1.165, 1.54) is 6.92 Å². The fraction of sp³-hybridized carbons (Fsp3) is 0.591. The van der Waals surface area contributed by atoms with Crippen molar-refractivity contribution in [3.05, 3.63) is 29.3 Å². The minimum Gasteiger partial charge on any atom is -0.394 e. The maximum Gasteiger partial charge on any atom is 0.281 e. The Bertz CT molecular complexity index is 888. The molecule has 1 saturated heterocycles. The first kappa shape index (κ1) is 24.1. The molecule has 1 aromatic rings. The Morgan fingerprint density at radius 1 is 1.31 bits per heavy atom. The number of aliphatic hydroxyl groups excluding tert-OH is 3. The van der Waals surface area contributed by atoms with Crippen LogP contribution in [0.2, 0.25) is 0 Å². The molecule has 0 spiro atoms. The van der Waals surface area contributed by atoms with Gasteiger partial charge in [0, 0.05) is 19.0 Å². The number of rotatable bonds is 7. The third-order valence-corrected chi connectivity index (χ3v) is 5.57. The minimum atomic E-state index is -1.47. The molecule has 2 heterocycles. The third kappa shape index (κ3) is 4.93. The molecule has 0 aromatic heterocycles. The predicted octanol–water partition coefficient (Wildman–Crippen LogP) is 0.0521. The molecule has 176 valence electrons. The van der Waals surface area contributed by atoms with Crippen molar-refractivity contribution >= 4 is 23.2 Å². The number of ether oxygens (including phenoxy) is 1. The zero-order chi connectivity index (χ0) is 23.6. The lowest BCUT2D eigenvalue weighted by atomic mass is 9.97. The first-order valence-electron chi connectivity index (χ1n) is 10.7. The number of nitrogens with one attached hydrogen (secondary N) is 1. The fourth-order valence-corrected chi connectivity index (χ4v) is 3.79. The summed E-state index contributed by atoms with van der Waals surface area (Å²) < 4.78 is 5.52. The first-order valence-corrected chi connectivity index (χ1v) is 10.7. The number of hydrogen-bond acceptors (Lipinski definition) is 8. The summed E-state index contributed by atoms with van der Waals surface area (Å²) in [5, 5.41) is 36.5. The van der Waals surface area contributed by atoms with Gasteiger partial charge >= 0.3 is 0 Å². The van der Waals surface area contributed by atoms with Crippen LogP contribution < -0.4 is 10.2 Å². The molecule has 4 N–H and O–H groups in total. The Kier molecular flexibility index (Phi) is 7.50. The van der Waals surface area contributed by atoms with Gasteiger partial charge in [-0.2, -0.15) is 0 Å². The molecule has 0 radical (unpaired) electrons. The highest BCUT2D eigenvalue weighted by Gasteiger charge is 2.46. The SMILES string of the molecule is CC(=O)NC1C(ON=C2C(=O)N(CCC(C)C)c3ccc(C)cc32)OC(CO)C(O)C1O. The second-order valence-electron chi connectivity index (χ2n) is 8.64. The van der Waals surface area contributed by atoms with E-state index >= 15 is 0 Å². The predicted molar refractivity (Wildman–Crippen MR) is 116 cm³/mol. The molecule has 5 atom stereocenters. The lowest BCUT2D eigenvalue weighted by Gasteiger charge is -2.40. The van der Waals surface area contributed by atoms with Crippen molar-refractivity contribution in [3.8, 4) is 0 Å². The number of anilines is 1. The number of hydrogen-bond donors (Lipinski definition) is 4. The molecule has 2 aliphatic heterocycles. The van der Waals surface area contributed by atoms with Crippen molar-refractivity contribution < 1.29 is 34.5 Å². The van der Waals surface area contributed by atoms with Crippen LogP contribution in [-0.4, -0.2) is 76.6 Å². The minimum absolute atomic E-state index is 0.0822. The van der Waals surface area contributed by atoms with E-state index in [9.17, 15) is 24.9 Å². The molecule has 2 amide bonds. The second kappa shape index (κ2) is 9.95. The molecule has 1 fully saturated rings. The quantitative estimate of drug-likeness (QED) is 0.431. The van der Waals surface area contributed by atoms with Crippen LogP contribution in [0.4, 0.5) is 5.69 Å². The highest BCUT2D eigenvalue weighted by atomic mass is 16.8. The number of fused-ring (bicyclic) bond motifs is 1. The maximum absolute atomic E-state index is 13.1. The van der Waals surface area contributed by atoms with Crippen molar-refractivity contribution in [2.45, 2.75) is 64.8 Å². The number of aryl methyl sites for hydroxylation is 1. The van der Waals surface area contributed by atoms with Crippen LogP contribution in [0.5, 0.6) is 0 Å². The van der Waals surface area contributed by atoms with Gasteiger partial charge in [0.2, 0.25) is 12.2 Å². The summed E-state index contributed by atoms with van der Waals surface area (Å²) in [6.07, 6.45) is -4.56. The fourth-order valence-electron chi connectivity index (χ4n) is 3.79. The van der Waals surface area contributed by atoms with Gasteiger partial charge in [0.25, 0.3) is 5.91 Å². The van der Waals surface area contributed by atoms with Gasteiger partial charge in [-0.25, -0.2) is 0 Å². The average molecular weight is 450 g/mol. The number of aliphatic hydroxyl groups is 3. The lowest BCUT2D eigenvalue weighted by molar-refractivity contribution is -0.270. The molecule has 10 nitrogen and oxygen atoms in total. The largest absolute Gasteiger partial charge is 0.394 e. The number of carbonyl (C=O) groups excluding carboxylic acids is 2. The smallest absolute Gasteiger partial charge is 0.281 e. The Balaban J connectivity index is 1.89. The zero-order valence-corrected chi connectivity index (χ0v) is 18.7. The van der Waals surface area contributed by atoms with Gasteiger partial charge in [0.15, 0.2) is 5.71 Å². The molecular weight excluding hydrogens is 418 g/mol. The first-order chi connectivity index (χ1) is 15.1. The highest BCUT2D eigenvalue weighted by Crippen LogP contribution is 2.31. The molecule has 2 aliphatic rings. The van der Waals surface area contributed by atoms with Crippen molar-refractivity contribution in [2.24, 2.45) is 11.1 Å². The van der Waals surface area contributed by atoms with E-state index < -0.39 is 43.2 Å². The maximum atomic E-state index is 13.1. The molecule has 0 saturated carbocycles. The van der Waals surface area contributed by atoms with Gasteiger partial charge < -0.3 is 35.1 Å². The standard InChI is InChI=1S/C22H31N3O7/c1-11(2)7-8-25-15-6-5-12(3)9-14(15)17(21(25)30)24-32-22-18(23-13(4)27)20(29)19(28)16(10-26)31-22/h5-6,9,11,16,18-20,22,26,28-29H,7-8,10H2,1-4H3,(H,23,27). The van der Waals surface area contributed by atoms with Crippen LogP contribution in [0.15, 0.2) is 23.4 Å². The van der Waals surface area contributed by atoms with Crippen LogP contribution in [0.1, 0.15) is 38.3 Å². The van der Waals surface area contributed by atoms with Gasteiger partial charge in [-0.05, 0) is 31.4 Å². The van der Waals surface area contributed by atoms with E-state index in [0.29, 0.717) is 18.0 Å². The van der Waals surface area contributed by atoms with E-state index in [2.05, 4.69) is 24.3 Å². The summed E-state index contributed by atoms with van der Waals surface area (Å²) in [6, 6.07) is 4.47. The number of carbonyl (C=O) groups is 2. The van der Waals surface area contributed by atoms with Gasteiger partial charge in [-0.3, -0.25) is 9.59 Å². The summed E-state index contributed by atoms with van der Waals surface area (Å²) in [5.74, 6) is -0.393. The molecule has 3 rings (SSSR count). The summed E-state index contributed by atoms with van der Waals surface area (Å²) in [5.41, 5.74) is 2.37.